The molecule has 10 rings (SSSR count). The number of imide groups is 1. The van der Waals surface area contributed by atoms with E-state index in [1.165, 1.54) is 4.90 Å². The van der Waals surface area contributed by atoms with Gasteiger partial charge in [-0.2, -0.15) is 21.0 Å². The van der Waals surface area contributed by atoms with Crippen LogP contribution in [0.5, 0.6) is 0 Å². The number of aromatic nitrogens is 1. The van der Waals surface area contributed by atoms with Crippen LogP contribution >= 0.6 is 0 Å². The van der Waals surface area contributed by atoms with Crippen molar-refractivity contribution in [1.29, 1.82) is 21.0 Å². The van der Waals surface area contributed by atoms with E-state index in [2.05, 4.69) is 24.3 Å². The predicted octanol–water partition coefficient (Wildman–Crippen LogP) is 11.6. The number of allylic oxidation sites excluding steroid dienone is 3. The van der Waals surface area contributed by atoms with Gasteiger partial charge in [-0.05, 0) is 59.0 Å². The molecular formula is C55H32N6O2. The summed E-state index contributed by atoms with van der Waals surface area (Å²) in [5, 5.41) is 42.0. The van der Waals surface area contributed by atoms with Crippen LogP contribution < -0.4 is 4.90 Å². The van der Waals surface area contributed by atoms with Crippen LogP contribution in [0.1, 0.15) is 29.2 Å². The van der Waals surface area contributed by atoms with E-state index in [0.717, 1.165) is 33.0 Å². The van der Waals surface area contributed by atoms with E-state index in [1.807, 2.05) is 139 Å². The number of benzene rings is 7. The molecule has 8 nitrogen and oxygen atoms in total. The van der Waals surface area contributed by atoms with Crippen molar-refractivity contribution >= 4 is 45.0 Å². The molecule has 63 heavy (non-hydrogen) atoms. The molecule has 1 aliphatic carbocycles. The van der Waals surface area contributed by atoms with Gasteiger partial charge in [-0.1, -0.05) is 134 Å². The van der Waals surface area contributed by atoms with E-state index in [9.17, 15) is 21.0 Å². The van der Waals surface area contributed by atoms with Gasteiger partial charge in [-0.15, -0.1) is 0 Å². The van der Waals surface area contributed by atoms with Crippen molar-refractivity contribution in [2.24, 2.45) is 11.8 Å². The Labute approximate surface area is 363 Å². The lowest BCUT2D eigenvalue weighted by Crippen LogP contribution is -2.32. The molecule has 2 atom stereocenters. The zero-order valence-electron chi connectivity index (χ0n) is 33.7. The molecule has 0 saturated carbocycles. The minimum atomic E-state index is -0.845. The molecule has 2 amide bonds. The summed E-state index contributed by atoms with van der Waals surface area (Å²) in [7, 11) is 0. The van der Waals surface area contributed by atoms with Gasteiger partial charge in [-0.25, -0.2) is 4.90 Å². The Morgan fingerprint density at radius 3 is 1.59 bits per heavy atom. The Morgan fingerprint density at radius 2 is 1.05 bits per heavy atom. The fraction of sp³-hybridized carbons (Fsp3) is 0.0545. The molecule has 8 heteroatoms. The molecule has 1 aliphatic heterocycles. The van der Waals surface area contributed by atoms with Gasteiger partial charge < -0.3 is 4.57 Å². The lowest BCUT2D eigenvalue weighted by Gasteiger charge is -2.24. The highest BCUT2D eigenvalue weighted by Crippen LogP contribution is 2.49. The zero-order chi connectivity index (χ0) is 43.4. The number of carbonyl (C=O) groups excluding carboxylic acids is 2. The number of amides is 2. The van der Waals surface area contributed by atoms with Crippen LogP contribution in [0.3, 0.4) is 0 Å². The summed E-state index contributed by atoms with van der Waals surface area (Å²) >= 11 is 0. The lowest BCUT2D eigenvalue weighted by atomic mass is 9.83. The molecule has 7 aromatic carbocycles. The maximum absolute atomic E-state index is 15.6. The Bertz CT molecular complexity index is 3380. The molecule has 1 aromatic heterocycles. The molecule has 2 unspecified atom stereocenters. The van der Waals surface area contributed by atoms with Crippen LogP contribution in [0.25, 0.3) is 72.0 Å². The van der Waals surface area contributed by atoms with Crippen molar-refractivity contribution in [2.45, 2.75) is 6.92 Å². The minimum Gasteiger partial charge on any atom is -0.307 e. The molecule has 0 radical (unpaired) electrons. The topological polar surface area (TPSA) is 137 Å². The SMILES string of the molecule is CC1C=CC(n2c3c(-c4ccc(C#N)cc4C#N)cccc3c3cccc(-c4ccc(C#N)cc4C#N)c32)=C2C(=O)N(c3cc(-c4ccccc4)ccc3-c3ccccc3)C(=O)C21. The first-order chi connectivity index (χ1) is 30.8. The molecule has 2 aliphatic rings. The van der Waals surface area contributed by atoms with Crippen LogP contribution in [0, 0.1) is 57.2 Å². The van der Waals surface area contributed by atoms with Crippen LogP contribution in [0.4, 0.5) is 5.69 Å². The van der Waals surface area contributed by atoms with Crippen molar-refractivity contribution in [3.8, 4) is 68.8 Å². The van der Waals surface area contributed by atoms with E-state index >= 15 is 9.59 Å². The highest BCUT2D eigenvalue weighted by molar-refractivity contribution is 6.33. The van der Waals surface area contributed by atoms with Crippen LogP contribution in [0.2, 0.25) is 0 Å². The summed E-state index contributed by atoms with van der Waals surface area (Å²) in [6, 6.07) is 55.9. The number of hydrogen-bond donors (Lipinski definition) is 0. The number of anilines is 1. The second-order valence-electron chi connectivity index (χ2n) is 15.6. The summed E-state index contributed by atoms with van der Waals surface area (Å²) in [5.74, 6) is -1.98. The number of nitrogens with zero attached hydrogens (tertiary/aromatic N) is 6. The number of fused-ring (bicyclic) bond motifs is 4. The maximum atomic E-state index is 15.6. The Kier molecular flexibility index (Phi) is 9.19. The molecular weight excluding hydrogens is 777 g/mol. The average molecular weight is 809 g/mol. The first-order valence-corrected chi connectivity index (χ1v) is 20.4. The van der Waals surface area contributed by atoms with Crippen LogP contribution in [-0.4, -0.2) is 16.4 Å². The predicted molar refractivity (Wildman–Crippen MR) is 244 cm³/mol. The van der Waals surface area contributed by atoms with Crippen LogP contribution in [-0.2, 0) is 9.59 Å². The van der Waals surface area contributed by atoms with Crippen molar-refractivity contribution in [1.82, 2.24) is 4.57 Å². The van der Waals surface area contributed by atoms with Gasteiger partial charge in [0.15, 0.2) is 0 Å². The van der Waals surface area contributed by atoms with Gasteiger partial charge in [0.25, 0.3) is 5.91 Å². The average Bonchev–Trinajstić information content (AvgIpc) is 3.82. The van der Waals surface area contributed by atoms with Crippen molar-refractivity contribution < 1.29 is 9.59 Å². The summed E-state index contributed by atoms with van der Waals surface area (Å²) in [5.41, 5.74) is 9.78. The molecule has 0 bridgehead atoms. The van der Waals surface area contributed by atoms with E-state index in [1.54, 1.807) is 36.4 Å². The Hall–Kier alpha value is -9.08. The lowest BCUT2D eigenvalue weighted by molar-refractivity contribution is -0.122. The minimum absolute atomic E-state index is 0.297. The molecule has 0 spiro atoms. The number of nitriles is 4. The van der Waals surface area contributed by atoms with Gasteiger partial charge in [0, 0.05) is 38.6 Å². The molecule has 294 valence electrons. The van der Waals surface area contributed by atoms with Gasteiger partial charge in [0.2, 0.25) is 5.91 Å². The molecule has 0 N–H and O–H groups in total. The fourth-order valence-corrected chi connectivity index (χ4v) is 9.30. The highest BCUT2D eigenvalue weighted by atomic mass is 16.2. The van der Waals surface area contributed by atoms with Crippen LogP contribution in [0.15, 0.2) is 169 Å². The summed E-state index contributed by atoms with van der Waals surface area (Å²) in [4.78, 5) is 32.2. The van der Waals surface area contributed by atoms with Gasteiger partial charge in [0.1, 0.15) is 0 Å². The number of rotatable bonds is 6. The zero-order valence-corrected chi connectivity index (χ0v) is 33.7. The smallest absolute Gasteiger partial charge is 0.263 e. The van der Waals surface area contributed by atoms with Gasteiger partial charge in [0.05, 0.1) is 80.4 Å². The summed E-state index contributed by atoms with van der Waals surface area (Å²) in [6.07, 6.45) is 3.87. The fourth-order valence-electron chi connectivity index (χ4n) is 9.30. The molecule has 8 aromatic rings. The number of hydrogen-bond acceptors (Lipinski definition) is 6. The second-order valence-corrected chi connectivity index (χ2v) is 15.6. The molecule has 2 heterocycles. The first kappa shape index (κ1) is 38.1. The van der Waals surface area contributed by atoms with E-state index in [0.29, 0.717) is 72.5 Å². The highest BCUT2D eigenvalue weighted by Gasteiger charge is 2.50. The third-order valence-electron chi connectivity index (χ3n) is 12.2. The Balaban J connectivity index is 1.31. The summed E-state index contributed by atoms with van der Waals surface area (Å²) in [6.45, 7) is 1.94. The van der Waals surface area contributed by atoms with Gasteiger partial charge >= 0.3 is 0 Å². The van der Waals surface area contributed by atoms with E-state index in [-0.39, 0.29) is 11.8 Å². The third-order valence-corrected chi connectivity index (χ3v) is 12.2. The normalized spacial score (nSPS) is 15.5. The second kappa shape index (κ2) is 15.2. The first-order valence-electron chi connectivity index (χ1n) is 20.4. The maximum Gasteiger partial charge on any atom is 0.263 e. The molecule has 1 saturated heterocycles. The standard InChI is InChI=1S/C55H32N6O2/c1-33-18-25-48(51-50(33)54(62)61(55(51)63)49-28-38(36-10-4-2-5-11-36)21-24-43(49)37-12-6-3-7-13-37)60-52-44(41-22-19-34(29-56)26-39(41)31-58)14-8-16-46(52)47-17-9-15-45(53(47)60)42-23-20-35(30-57)27-40(42)32-59/h2-28,33,50H,1H3. The summed E-state index contributed by atoms with van der Waals surface area (Å²) < 4.78 is 2.01. The van der Waals surface area contributed by atoms with E-state index < -0.39 is 11.8 Å². The van der Waals surface area contributed by atoms with Crippen molar-refractivity contribution in [3.05, 3.63) is 192 Å². The van der Waals surface area contributed by atoms with Crippen molar-refractivity contribution in [2.75, 3.05) is 4.90 Å². The number of carbonyl (C=O) groups is 2. The molecule has 1 fully saturated rings. The monoisotopic (exact) mass is 808 g/mol. The largest absolute Gasteiger partial charge is 0.307 e. The Morgan fingerprint density at radius 1 is 0.508 bits per heavy atom. The van der Waals surface area contributed by atoms with E-state index in [4.69, 9.17) is 0 Å². The third kappa shape index (κ3) is 6.02. The number of para-hydroxylation sites is 2. The quantitative estimate of drug-likeness (QED) is 0.153. The van der Waals surface area contributed by atoms with Gasteiger partial charge in [-0.3, -0.25) is 9.59 Å². The van der Waals surface area contributed by atoms with Crippen molar-refractivity contribution in [3.63, 3.8) is 0 Å².